The van der Waals surface area contributed by atoms with E-state index in [2.05, 4.69) is 15.9 Å². The normalized spacial score (nSPS) is 12.8. The minimum atomic E-state index is -4.51. The Kier molecular flexibility index (Phi) is 5.22. The highest BCUT2D eigenvalue weighted by Crippen LogP contribution is 2.30. The van der Waals surface area contributed by atoms with Gasteiger partial charge in [0, 0.05) is 7.05 Å². The summed E-state index contributed by atoms with van der Waals surface area (Å²) in [5.74, 6) is -0.0954. The first-order valence-electron chi connectivity index (χ1n) is 6.42. The lowest BCUT2D eigenvalue weighted by Crippen LogP contribution is -2.27. The molecule has 0 aliphatic heterocycles. The topological polar surface area (TPSA) is 50.5 Å². The molecule has 0 aliphatic rings. The number of alkyl halides is 3. The van der Waals surface area contributed by atoms with Gasteiger partial charge in [0.05, 0.1) is 17.9 Å². The zero-order chi connectivity index (χ0) is 17.3. The van der Waals surface area contributed by atoms with Crippen LogP contribution in [0, 0.1) is 0 Å². The minimum Gasteiger partial charge on any atom is -0.453 e. The summed E-state index contributed by atoms with van der Waals surface area (Å²) in [5, 5.41) is 0. The number of rotatable bonds is 5. The highest BCUT2D eigenvalue weighted by atomic mass is 79.9. The van der Waals surface area contributed by atoms with Crippen LogP contribution in [0.15, 0.2) is 45.5 Å². The van der Waals surface area contributed by atoms with Gasteiger partial charge in [0.25, 0.3) is 0 Å². The van der Waals surface area contributed by atoms with E-state index in [0.29, 0.717) is 10.4 Å². The Morgan fingerprint density at radius 1 is 1.22 bits per heavy atom. The van der Waals surface area contributed by atoms with Crippen LogP contribution in [0.2, 0.25) is 0 Å². The largest absolute Gasteiger partial charge is 0.453 e. The molecule has 0 saturated carbocycles. The van der Waals surface area contributed by atoms with E-state index in [1.807, 2.05) is 0 Å². The van der Waals surface area contributed by atoms with Gasteiger partial charge in [-0.25, -0.2) is 8.42 Å². The molecule has 0 aliphatic carbocycles. The van der Waals surface area contributed by atoms with Crippen molar-refractivity contribution in [2.75, 3.05) is 7.05 Å². The van der Waals surface area contributed by atoms with Crippen LogP contribution in [0.5, 0.6) is 0 Å². The van der Waals surface area contributed by atoms with Gasteiger partial charge in [0.1, 0.15) is 5.76 Å². The van der Waals surface area contributed by atoms with Gasteiger partial charge in [-0.1, -0.05) is 18.2 Å². The van der Waals surface area contributed by atoms with Gasteiger partial charge in [-0.15, -0.1) is 0 Å². The summed E-state index contributed by atoms with van der Waals surface area (Å²) in [5.41, 5.74) is -0.796. The number of sulfonamides is 1. The summed E-state index contributed by atoms with van der Waals surface area (Å²) < 4.78 is 69.3. The monoisotopic (exact) mass is 411 g/mol. The van der Waals surface area contributed by atoms with Crippen molar-refractivity contribution in [3.05, 3.63) is 58.0 Å². The summed E-state index contributed by atoms with van der Waals surface area (Å²) in [4.78, 5) is 0. The minimum absolute atomic E-state index is 0.00705. The van der Waals surface area contributed by atoms with Gasteiger partial charge >= 0.3 is 6.18 Å². The number of hydrogen-bond donors (Lipinski definition) is 0. The second-order valence-corrected chi connectivity index (χ2v) is 7.77. The van der Waals surface area contributed by atoms with Crippen LogP contribution in [0.25, 0.3) is 0 Å². The van der Waals surface area contributed by atoms with Gasteiger partial charge in [-0.2, -0.15) is 17.5 Å². The number of benzene rings is 1. The molecule has 0 amide bonds. The SMILES string of the molecule is CN(Cc1ccc(Br)o1)S(=O)(=O)Cc1cccc(C(F)(F)F)c1. The lowest BCUT2D eigenvalue weighted by molar-refractivity contribution is -0.137. The molecular formula is C14H13BrF3NO3S. The van der Waals surface area contributed by atoms with E-state index < -0.39 is 27.5 Å². The van der Waals surface area contributed by atoms with Crippen LogP contribution < -0.4 is 0 Å². The quantitative estimate of drug-likeness (QED) is 0.746. The Labute approximate surface area is 140 Å². The summed E-state index contributed by atoms with van der Waals surface area (Å²) in [6, 6.07) is 7.53. The molecule has 4 nitrogen and oxygen atoms in total. The summed E-state index contributed by atoms with van der Waals surface area (Å²) in [6.45, 7) is -0.00705. The first-order chi connectivity index (χ1) is 10.6. The highest BCUT2D eigenvalue weighted by Gasteiger charge is 2.31. The number of hydrogen-bond acceptors (Lipinski definition) is 3. The maximum Gasteiger partial charge on any atom is 0.416 e. The molecule has 0 bridgehead atoms. The smallest absolute Gasteiger partial charge is 0.416 e. The molecule has 0 spiro atoms. The average Bonchev–Trinajstić information content (AvgIpc) is 2.83. The van der Waals surface area contributed by atoms with Crippen molar-refractivity contribution >= 4 is 26.0 Å². The molecule has 0 unspecified atom stereocenters. The second kappa shape index (κ2) is 6.66. The third kappa shape index (κ3) is 4.82. The summed E-state index contributed by atoms with van der Waals surface area (Å²) in [7, 11) is -2.43. The Morgan fingerprint density at radius 3 is 2.48 bits per heavy atom. The number of nitrogens with zero attached hydrogens (tertiary/aromatic N) is 1. The summed E-state index contributed by atoms with van der Waals surface area (Å²) in [6.07, 6.45) is -4.51. The zero-order valence-corrected chi connectivity index (χ0v) is 14.4. The van der Waals surface area contributed by atoms with Gasteiger partial charge in [-0.3, -0.25) is 0 Å². The van der Waals surface area contributed by atoms with E-state index in [4.69, 9.17) is 4.42 Å². The van der Waals surface area contributed by atoms with Crippen LogP contribution in [0.1, 0.15) is 16.9 Å². The highest BCUT2D eigenvalue weighted by molar-refractivity contribution is 9.10. The Balaban J connectivity index is 2.14. The van der Waals surface area contributed by atoms with Crippen LogP contribution in [0.3, 0.4) is 0 Å². The number of furan rings is 1. The van der Waals surface area contributed by atoms with Gasteiger partial charge in [0.15, 0.2) is 4.67 Å². The van der Waals surface area contributed by atoms with E-state index >= 15 is 0 Å². The molecule has 1 aromatic carbocycles. The third-order valence-electron chi connectivity index (χ3n) is 3.09. The van der Waals surface area contributed by atoms with Crippen LogP contribution >= 0.6 is 15.9 Å². The maximum atomic E-state index is 12.7. The van der Waals surface area contributed by atoms with Crippen LogP contribution in [0.4, 0.5) is 13.2 Å². The third-order valence-corrected chi connectivity index (χ3v) is 5.29. The van der Waals surface area contributed by atoms with Crippen molar-refractivity contribution in [3.8, 4) is 0 Å². The Hall–Kier alpha value is -1.32. The molecule has 0 N–H and O–H groups in total. The lowest BCUT2D eigenvalue weighted by Gasteiger charge is -2.16. The van der Waals surface area contributed by atoms with Gasteiger partial charge < -0.3 is 4.42 Å². The molecular weight excluding hydrogens is 399 g/mol. The molecule has 0 atom stereocenters. The Bertz CT molecular complexity index is 787. The Morgan fingerprint density at radius 2 is 1.91 bits per heavy atom. The fourth-order valence-corrected chi connectivity index (χ4v) is 3.40. The molecule has 2 rings (SSSR count). The van der Waals surface area contributed by atoms with Crippen LogP contribution in [-0.2, 0) is 28.5 Å². The van der Waals surface area contributed by atoms with Crippen molar-refractivity contribution in [2.45, 2.75) is 18.5 Å². The van der Waals surface area contributed by atoms with E-state index in [0.717, 1.165) is 16.4 Å². The predicted octanol–water partition coefficient (Wildman–Crippen LogP) is 4.02. The van der Waals surface area contributed by atoms with Crippen molar-refractivity contribution in [2.24, 2.45) is 0 Å². The van der Waals surface area contributed by atoms with E-state index in [1.54, 1.807) is 12.1 Å². The first-order valence-corrected chi connectivity index (χ1v) is 8.82. The summed E-state index contributed by atoms with van der Waals surface area (Å²) >= 11 is 3.11. The molecule has 0 fully saturated rings. The molecule has 23 heavy (non-hydrogen) atoms. The molecule has 0 saturated heterocycles. The standard InChI is InChI=1S/C14H13BrF3NO3S/c1-19(8-12-5-6-13(15)22-12)23(20,21)9-10-3-2-4-11(7-10)14(16,17)18/h2-7H,8-9H2,1H3. The molecule has 1 aromatic heterocycles. The van der Waals surface area contributed by atoms with Crippen molar-refractivity contribution in [1.82, 2.24) is 4.31 Å². The van der Waals surface area contributed by atoms with Gasteiger partial charge in [-0.05, 0) is 39.7 Å². The fourth-order valence-electron chi connectivity index (χ4n) is 1.91. The predicted molar refractivity (Wildman–Crippen MR) is 81.9 cm³/mol. The molecule has 2 aromatic rings. The lowest BCUT2D eigenvalue weighted by atomic mass is 10.1. The maximum absolute atomic E-state index is 12.7. The first kappa shape index (κ1) is 18.0. The van der Waals surface area contributed by atoms with Gasteiger partial charge in [0.2, 0.25) is 10.0 Å². The fraction of sp³-hybridized carbons (Fsp3) is 0.286. The van der Waals surface area contributed by atoms with Crippen molar-refractivity contribution in [1.29, 1.82) is 0 Å². The van der Waals surface area contributed by atoms with E-state index in [1.165, 1.54) is 19.2 Å². The zero-order valence-electron chi connectivity index (χ0n) is 12.0. The van der Waals surface area contributed by atoms with Crippen molar-refractivity contribution in [3.63, 3.8) is 0 Å². The number of halogens is 4. The second-order valence-electron chi connectivity index (χ2n) is 4.92. The molecule has 126 valence electrons. The van der Waals surface area contributed by atoms with E-state index in [-0.39, 0.29) is 12.1 Å². The van der Waals surface area contributed by atoms with Crippen LogP contribution in [-0.4, -0.2) is 19.8 Å². The molecule has 1 heterocycles. The molecule has 9 heteroatoms. The van der Waals surface area contributed by atoms with Crippen molar-refractivity contribution < 1.29 is 26.0 Å². The molecule has 0 radical (unpaired) electrons. The average molecular weight is 412 g/mol. The van der Waals surface area contributed by atoms with E-state index in [9.17, 15) is 21.6 Å².